The van der Waals surface area contributed by atoms with Gasteiger partial charge in [0.05, 0.1) is 11.1 Å². The smallest absolute Gasteiger partial charge is 0.303 e. The second-order valence-electron chi connectivity index (χ2n) is 8.19. The van der Waals surface area contributed by atoms with Crippen LogP contribution < -0.4 is 0 Å². The second kappa shape index (κ2) is 8.00. The average molecular weight is 491 g/mol. The minimum absolute atomic E-state index is 0.192. The van der Waals surface area contributed by atoms with Gasteiger partial charge in [0.15, 0.2) is 35.3 Å². The molecule has 9 nitrogen and oxygen atoms in total. The number of thiazole rings is 1. The number of esters is 1. The van der Waals surface area contributed by atoms with E-state index in [2.05, 4.69) is 4.98 Å². The molecule has 33 heavy (non-hydrogen) atoms. The first-order chi connectivity index (χ1) is 15.6. The fraction of sp³-hybridized carbons (Fsp3) is 0.364. The molecule has 2 aromatic heterocycles. The number of nitrogens with zero attached hydrogens (tertiary/aromatic N) is 2. The SMILES string of the molecule is CC(=O)O[C@@H]1[C@H]2OC(C)(C)O[C@H]2O[C@@H]1C(=O)c1cnc2sc(C(=O)c3ccc(Cl)cc3)cn12. The lowest BCUT2D eigenvalue weighted by Gasteiger charge is -2.24. The number of hydrogen-bond donors (Lipinski definition) is 0. The van der Waals surface area contributed by atoms with Crippen molar-refractivity contribution in [2.24, 2.45) is 0 Å². The van der Waals surface area contributed by atoms with E-state index in [0.29, 0.717) is 20.4 Å². The molecule has 2 aliphatic rings. The molecule has 0 aliphatic carbocycles. The third-order valence-corrected chi connectivity index (χ3v) is 6.59. The van der Waals surface area contributed by atoms with Crippen molar-refractivity contribution in [3.05, 3.63) is 57.8 Å². The first kappa shape index (κ1) is 22.2. The van der Waals surface area contributed by atoms with E-state index in [9.17, 15) is 14.4 Å². The number of imidazole rings is 1. The van der Waals surface area contributed by atoms with E-state index in [1.165, 1.54) is 17.5 Å². The van der Waals surface area contributed by atoms with Gasteiger partial charge < -0.3 is 18.9 Å². The van der Waals surface area contributed by atoms with Crippen molar-refractivity contribution in [1.82, 2.24) is 9.38 Å². The average Bonchev–Trinajstić information content (AvgIpc) is 3.47. The molecular formula is C22H19ClN2O7S. The van der Waals surface area contributed by atoms with Crippen LogP contribution in [0.4, 0.5) is 0 Å². The van der Waals surface area contributed by atoms with E-state index in [0.717, 1.165) is 11.3 Å². The van der Waals surface area contributed by atoms with Crippen LogP contribution in [-0.4, -0.2) is 57.3 Å². The van der Waals surface area contributed by atoms with Crippen molar-refractivity contribution in [2.75, 3.05) is 0 Å². The van der Waals surface area contributed by atoms with Crippen LogP contribution >= 0.6 is 22.9 Å². The molecule has 0 N–H and O–H groups in total. The number of ether oxygens (including phenoxy) is 4. The number of Topliss-reactive ketones (excluding diaryl/α,β-unsaturated/α-hetero) is 1. The lowest BCUT2D eigenvalue weighted by molar-refractivity contribution is -0.212. The van der Waals surface area contributed by atoms with Crippen LogP contribution in [0.15, 0.2) is 36.7 Å². The standard InChI is InChI=1S/C22H19ClN2O7S/c1-10(26)29-18-17(30-20-19(18)31-22(2,3)32-20)16(28)13-8-24-21-25(13)9-14(33-21)15(27)11-4-6-12(23)7-5-11/h4-9,17-20H,1-3H3/t17-,18+,19-,20-/m1/s1. The maximum Gasteiger partial charge on any atom is 0.303 e. The molecule has 2 aliphatic heterocycles. The van der Waals surface area contributed by atoms with Crippen molar-refractivity contribution >= 4 is 45.4 Å². The highest BCUT2D eigenvalue weighted by Gasteiger charge is 2.58. The van der Waals surface area contributed by atoms with Crippen LogP contribution in [-0.2, 0) is 23.7 Å². The predicted molar refractivity (Wildman–Crippen MR) is 117 cm³/mol. The highest BCUT2D eigenvalue weighted by Crippen LogP contribution is 2.40. The number of ketones is 2. The molecule has 0 saturated carbocycles. The molecule has 172 valence electrons. The summed E-state index contributed by atoms with van der Waals surface area (Å²) >= 11 is 7.05. The number of carbonyl (C=O) groups excluding carboxylic acids is 3. The van der Waals surface area contributed by atoms with Crippen molar-refractivity contribution in [3.8, 4) is 0 Å². The topological polar surface area (TPSA) is 105 Å². The molecular weight excluding hydrogens is 472 g/mol. The van der Waals surface area contributed by atoms with Gasteiger partial charge in [0, 0.05) is 23.7 Å². The third-order valence-electron chi connectivity index (χ3n) is 5.34. The van der Waals surface area contributed by atoms with Gasteiger partial charge in [0.25, 0.3) is 0 Å². The number of hydrogen-bond acceptors (Lipinski definition) is 9. The Morgan fingerprint density at radius 1 is 1.18 bits per heavy atom. The number of halogens is 1. The summed E-state index contributed by atoms with van der Waals surface area (Å²) in [6.07, 6.45) is -0.768. The molecule has 0 radical (unpaired) electrons. The quantitative estimate of drug-likeness (QED) is 0.396. The number of rotatable bonds is 5. The van der Waals surface area contributed by atoms with Gasteiger partial charge in [-0.05, 0) is 38.1 Å². The van der Waals surface area contributed by atoms with E-state index in [1.54, 1.807) is 44.3 Å². The van der Waals surface area contributed by atoms with Gasteiger partial charge in [-0.25, -0.2) is 4.98 Å². The predicted octanol–water partition coefficient (Wildman–Crippen LogP) is 3.27. The van der Waals surface area contributed by atoms with Crippen LogP contribution in [0.25, 0.3) is 4.96 Å². The maximum atomic E-state index is 13.4. The molecule has 0 spiro atoms. The Labute approximate surface area is 197 Å². The van der Waals surface area contributed by atoms with Gasteiger partial charge in [-0.15, -0.1) is 0 Å². The van der Waals surface area contributed by atoms with Crippen molar-refractivity contribution < 1.29 is 33.3 Å². The number of aromatic nitrogens is 2. The molecule has 4 heterocycles. The van der Waals surface area contributed by atoms with Gasteiger partial charge in [0.2, 0.25) is 11.6 Å². The molecule has 11 heteroatoms. The van der Waals surface area contributed by atoms with Crippen LogP contribution in [0.3, 0.4) is 0 Å². The fourth-order valence-corrected chi connectivity index (χ4v) is 5.02. The summed E-state index contributed by atoms with van der Waals surface area (Å²) in [7, 11) is 0. The molecule has 0 unspecified atom stereocenters. The van der Waals surface area contributed by atoms with E-state index < -0.39 is 42.1 Å². The zero-order valence-corrected chi connectivity index (χ0v) is 19.4. The highest BCUT2D eigenvalue weighted by molar-refractivity contribution is 7.19. The van der Waals surface area contributed by atoms with E-state index in [4.69, 9.17) is 30.5 Å². The molecule has 4 atom stereocenters. The van der Waals surface area contributed by atoms with Gasteiger partial charge in [0.1, 0.15) is 5.69 Å². The van der Waals surface area contributed by atoms with Crippen molar-refractivity contribution in [1.29, 1.82) is 0 Å². The minimum atomic E-state index is -1.14. The first-order valence-electron chi connectivity index (χ1n) is 10.1. The molecule has 5 rings (SSSR count). The zero-order valence-electron chi connectivity index (χ0n) is 17.8. The zero-order chi connectivity index (χ0) is 23.5. The molecule has 2 saturated heterocycles. The van der Waals surface area contributed by atoms with Crippen molar-refractivity contribution in [3.63, 3.8) is 0 Å². The minimum Gasteiger partial charge on any atom is -0.456 e. The Morgan fingerprint density at radius 3 is 2.61 bits per heavy atom. The lowest BCUT2D eigenvalue weighted by Crippen LogP contribution is -2.42. The maximum absolute atomic E-state index is 13.4. The van der Waals surface area contributed by atoms with Gasteiger partial charge in [-0.3, -0.25) is 18.8 Å². The Bertz CT molecular complexity index is 1270. The highest BCUT2D eigenvalue weighted by atomic mass is 35.5. The number of carbonyl (C=O) groups is 3. The summed E-state index contributed by atoms with van der Waals surface area (Å²) in [6, 6.07) is 6.54. The largest absolute Gasteiger partial charge is 0.456 e. The van der Waals surface area contributed by atoms with E-state index in [1.807, 2.05) is 0 Å². The molecule has 3 aromatic rings. The Morgan fingerprint density at radius 2 is 1.91 bits per heavy atom. The molecule has 1 aromatic carbocycles. The Hall–Kier alpha value is -2.63. The Balaban J connectivity index is 1.44. The van der Waals surface area contributed by atoms with Crippen LogP contribution in [0.1, 0.15) is 46.5 Å². The van der Waals surface area contributed by atoms with Gasteiger partial charge in [-0.1, -0.05) is 22.9 Å². The summed E-state index contributed by atoms with van der Waals surface area (Å²) in [5.74, 6) is -2.18. The van der Waals surface area contributed by atoms with Crippen molar-refractivity contribution in [2.45, 2.75) is 51.2 Å². The van der Waals surface area contributed by atoms with Gasteiger partial charge in [-0.2, -0.15) is 0 Å². The summed E-state index contributed by atoms with van der Waals surface area (Å²) in [4.78, 5) is 43.1. The van der Waals surface area contributed by atoms with E-state index >= 15 is 0 Å². The third kappa shape index (κ3) is 3.98. The summed E-state index contributed by atoms with van der Waals surface area (Å²) < 4.78 is 24.2. The number of benzene rings is 1. The normalized spacial score (nSPS) is 25.8. The monoisotopic (exact) mass is 490 g/mol. The molecule has 0 bridgehead atoms. The molecule has 2 fully saturated rings. The van der Waals surface area contributed by atoms with Crippen LogP contribution in [0.5, 0.6) is 0 Å². The van der Waals surface area contributed by atoms with E-state index in [-0.39, 0.29) is 11.5 Å². The van der Waals surface area contributed by atoms with Crippen LogP contribution in [0, 0.1) is 0 Å². The summed E-state index contributed by atoms with van der Waals surface area (Å²) in [5.41, 5.74) is 0.661. The summed E-state index contributed by atoms with van der Waals surface area (Å²) in [5, 5.41) is 0.528. The lowest BCUT2D eigenvalue weighted by atomic mass is 10.0. The first-order valence-corrected chi connectivity index (χ1v) is 11.3. The second-order valence-corrected chi connectivity index (χ2v) is 9.64. The molecule has 0 amide bonds. The fourth-order valence-electron chi connectivity index (χ4n) is 3.97. The Kier molecular flexibility index (Phi) is 5.37. The van der Waals surface area contributed by atoms with Gasteiger partial charge >= 0.3 is 5.97 Å². The number of fused-ring (bicyclic) bond motifs is 2. The summed E-state index contributed by atoms with van der Waals surface area (Å²) in [6.45, 7) is 4.67. The van der Waals surface area contributed by atoms with Crippen LogP contribution in [0.2, 0.25) is 5.02 Å².